The molecule has 0 saturated heterocycles. The fraction of sp³-hybridized carbons (Fsp3) is 0.333. The van der Waals surface area contributed by atoms with Gasteiger partial charge in [-0.05, 0) is 35.8 Å². The van der Waals surface area contributed by atoms with Gasteiger partial charge in [0.15, 0.2) is 0 Å². The zero-order valence-corrected chi connectivity index (χ0v) is 10.4. The first kappa shape index (κ1) is 10.0. The summed E-state index contributed by atoms with van der Waals surface area (Å²) in [6.45, 7) is 2.93. The maximum Gasteiger partial charge on any atom is 0.127 e. The van der Waals surface area contributed by atoms with Crippen molar-refractivity contribution >= 4 is 28.7 Å². The Balaban J connectivity index is 2.39. The van der Waals surface area contributed by atoms with Crippen molar-refractivity contribution in [1.82, 2.24) is 0 Å². The molecule has 1 aromatic rings. The molecule has 2 heteroatoms. The molecule has 0 bridgehead atoms. The number of halogens is 1. The molecule has 1 aliphatic rings. The van der Waals surface area contributed by atoms with Gasteiger partial charge in [-0.2, -0.15) is 0 Å². The molecule has 0 saturated carbocycles. The lowest BCUT2D eigenvalue weighted by Gasteiger charge is -2.17. The zero-order valence-electron chi connectivity index (χ0n) is 8.22. The molecule has 0 amide bonds. The second-order valence-electron chi connectivity index (χ2n) is 3.45. The lowest BCUT2D eigenvalue weighted by atomic mass is 10.0. The number of fused-ring (bicyclic) bond motifs is 1. The summed E-state index contributed by atoms with van der Waals surface area (Å²) in [6, 6.07) is 6.43. The predicted octanol–water partition coefficient (Wildman–Crippen LogP) is 3.81. The maximum atomic E-state index is 5.66. The molecule has 0 radical (unpaired) electrons. The second kappa shape index (κ2) is 4.34. The summed E-state index contributed by atoms with van der Waals surface area (Å²) >= 11 is 2.38. The third-order valence-corrected chi connectivity index (χ3v) is 3.34. The van der Waals surface area contributed by atoms with Crippen LogP contribution in [0.5, 0.6) is 5.75 Å². The van der Waals surface area contributed by atoms with Crippen LogP contribution in [0.25, 0.3) is 6.08 Å². The fourth-order valence-electron chi connectivity index (χ4n) is 1.56. The first-order valence-electron chi connectivity index (χ1n) is 4.84. The van der Waals surface area contributed by atoms with Gasteiger partial charge in [0.05, 0.1) is 0 Å². The van der Waals surface area contributed by atoms with E-state index in [1.54, 1.807) is 0 Å². The van der Waals surface area contributed by atoms with Gasteiger partial charge in [0.2, 0.25) is 0 Å². The zero-order chi connectivity index (χ0) is 9.97. The number of benzene rings is 1. The number of ether oxygens (including phenoxy) is 1. The van der Waals surface area contributed by atoms with Crippen LogP contribution in [0.3, 0.4) is 0 Å². The van der Waals surface area contributed by atoms with Crippen LogP contribution < -0.4 is 4.74 Å². The summed E-state index contributed by atoms with van der Waals surface area (Å²) in [6.07, 6.45) is 3.34. The average molecular weight is 300 g/mol. The smallest absolute Gasteiger partial charge is 0.127 e. The van der Waals surface area contributed by atoms with Gasteiger partial charge in [0, 0.05) is 9.99 Å². The van der Waals surface area contributed by atoms with Gasteiger partial charge in [0.25, 0.3) is 0 Å². The maximum absolute atomic E-state index is 5.66. The molecule has 0 aromatic heterocycles. The Bertz CT molecular complexity index is 369. The van der Waals surface area contributed by atoms with E-state index in [1.165, 1.54) is 16.7 Å². The Morgan fingerprint density at radius 3 is 3.00 bits per heavy atom. The third-order valence-electron chi connectivity index (χ3n) is 2.46. The van der Waals surface area contributed by atoms with Crippen LogP contribution in [0.4, 0.5) is 0 Å². The first-order valence-corrected chi connectivity index (χ1v) is 6.37. The van der Waals surface area contributed by atoms with Gasteiger partial charge in [-0.1, -0.05) is 35.6 Å². The first-order chi connectivity index (χ1) is 6.83. The number of hydrogen-bond donors (Lipinski definition) is 0. The normalized spacial score (nSPS) is 14.3. The van der Waals surface area contributed by atoms with E-state index in [-0.39, 0.29) is 0 Å². The largest absolute Gasteiger partial charge is 0.489 e. The molecule has 1 aromatic carbocycles. The lowest BCUT2D eigenvalue weighted by Crippen LogP contribution is -2.06. The quantitative estimate of drug-likeness (QED) is 0.596. The molecule has 1 aliphatic heterocycles. The summed E-state index contributed by atoms with van der Waals surface area (Å²) in [5, 5.41) is 0. The summed E-state index contributed by atoms with van der Waals surface area (Å²) in [4.78, 5) is 0. The standard InChI is InChI=1S/C12H13IO/c1-2-9-5-11-6-10(7-13)3-4-12(11)14-8-9/h3-6H,2,7-8H2,1H3. The molecule has 0 fully saturated rings. The Morgan fingerprint density at radius 1 is 1.43 bits per heavy atom. The third kappa shape index (κ3) is 1.95. The average Bonchev–Trinajstić information content (AvgIpc) is 2.27. The summed E-state index contributed by atoms with van der Waals surface area (Å²) < 4.78 is 6.71. The van der Waals surface area contributed by atoms with E-state index in [0.29, 0.717) is 0 Å². The van der Waals surface area contributed by atoms with E-state index in [2.05, 4.69) is 53.8 Å². The van der Waals surface area contributed by atoms with Crippen molar-refractivity contribution < 1.29 is 4.74 Å². The number of alkyl halides is 1. The molecule has 0 N–H and O–H groups in total. The van der Waals surface area contributed by atoms with Crippen molar-refractivity contribution in [3.05, 3.63) is 34.9 Å². The monoisotopic (exact) mass is 300 g/mol. The molecule has 0 spiro atoms. The van der Waals surface area contributed by atoms with Crippen molar-refractivity contribution in [3.8, 4) is 5.75 Å². The fourth-order valence-corrected chi connectivity index (χ4v) is 2.04. The van der Waals surface area contributed by atoms with Crippen LogP contribution in [0, 0.1) is 0 Å². The molecule has 2 rings (SSSR count). The predicted molar refractivity (Wildman–Crippen MR) is 67.9 cm³/mol. The van der Waals surface area contributed by atoms with E-state index in [0.717, 1.165) is 23.2 Å². The Labute approximate surface area is 98.3 Å². The highest BCUT2D eigenvalue weighted by Gasteiger charge is 2.10. The van der Waals surface area contributed by atoms with Crippen LogP contribution in [0.1, 0.15) is 24.5 Å². The van der Waals surface area contributed by atoms with E-state index in [4.69, 9.17) is 4.74 Å². The van der Waals surface area contributed by atoms with Crippen molar-refractivity contribution in [2.24, 2.45) is 0 Å². The summed E-state index contributed by atoms with van der Waals surface area (Å²) in [5.74, 6) is 1.02. The van der Waals surface area contributed by atoms with Crippen molar-refractivity contribution in [2.75, 3.05) is 6.61 Å². The van der Waals surface area contributed by atoms with Crippen LogP contribution >= 0.6 is 22.6 Å². The van der Waals surface area contributed by atoms with E-state index in [9.17, 15) is 0 Å². The molecule has 0 aliphatic carbocycles. The second-order valence-corrected chi connectivity index (χ2v) is 4.21. The number of rotatable bonds is 2. The molecule has 1 heterocycles. The number of hydrogen-bond acceptors (Lipinski definition) is 1. The van der Waals surface area contributed by atoms with Gasteiger partial charge >= 0.3 is 0 Å². The molecule has 74 valence electrons. The van der Waals surface area contributed by atoms with Gasteiger partial charge in [-0.3, -0.25) is 0 Å². The van der Waals surface area contributed by atoms with Crippen LogP contribution in [-0.4, -0.2) is 6.61 Å². The van der Waals surface area contributed by atoms with Crippen molar-refractivity contribution in [2.45, 2.75) is 17.8 Å². The van der Waals surface area contributed by atoms with Gasteiger partial charge in [-0.25, -0.2) is 0 Å². The van der Waals surface area contributed by atoms with E-state index >= 15 is 0 Å². The highest BCUT2D eigenvalue weighted by atomic mass is 127. The minimum Gasteiger partial charge on any atom is -0.489 e. The topological polar surface area (TPSA) is 9.23 Å². The summed E-state index contributed by atoms with van der Waals surface area (Å²) in [7, 11) is 0. The van der Waals surface area contributed by atoms with Crippen LogP contribution in [0.2, 0.25) is 0 Å². The van der Waals surface area contributed by atoms with Crippen LogP contribution in [-0.2, 0) is 4.43 Å². The van der Waals surface area contributed by atoms with Crippen molar-refractivity contribution in [1.29, 1.82) is 0 Å². The van der Waals surface area contributed by atoms with Gasteiger partial charge in [-0.15, -0.1) is 0 Å². The Morgan fingerprint density at radius 2 is 2.29 bits per heavy atom. The minimum absolute atomic E-state index is 0.757. The lowest BCUT2D eigenvalue weighted by molar-refractivity contribution is 0.343. The van der Waals surface area contributed by atoms with Gasteiger partial charge in [0.1, 0.15) is 12.4 Å². The van der Waals surface area contributed by atoms with Crippen molar-refractivity contribution in [3.63, 3.8) is 0 Å². The SMILES string of the molecule is CCC1=Cc2cc(CI)ccc2OC1. The Hall–Kier alpha value is -0.510. The minimum atomic E-state index is 0.757. The van der Waals surface area contributed by atoms with Gasteiger partial charge < -0.3 is 4.74 Å². The van der Waals surface area contributed by atoms with E-state index < -0.39 is 0 Å². The van der Waals surface area contributed by atoms with Crippen LogP contribution in [0.15, 0.2) is 23.8 Å². The Kier molecular flexibility index (Phi) is 3.11. The highest BCUT2D eigenvalue weighted by molar-refractivity contribution is 14.1. The molecule has 1 nitrogen and oxygen atoms in total. The van der Waals surface area contributed by atoms with E-state index in [1.807, 2.05) is 0 Å². The molecule has 14 heavy (non-hydrogen) atoms. The highest BCUT2D eigenvalue weighted by Crippen LogP contribution is 2.28. The molecule has 0 atom stereocenters. The molecule has 0 unspecified atom stereocenters. The molecular weight excluding hydrogens is 287 g/mol. The summed E-state index contributed by atoms with van der Waals surface area (Å²) in [5.41, 5.74) is 3.98. The molecular formula is C12H13IO.